The second-order valence-electron chi connectivity index (χ2n) is 22.2. The number of hydrogen-bond acceptors (Lipinski definition) is 5. The van der Waals surface area contributed by atoms with Gasteiger partial charge in [-0.05, 0) is 130 Å². The fraction of sp³-hybridized carbons (Fsp3) is 0.909. The molecule has 0 heterocycles. The molecule has 8 heteroatoms. The molecule has 4 aliphatic carbocycles. The van der Waals surface area contributed by atoms with Crippen molar-refractivity contribution in [2.45, 2.75) is 240 Å². The topological polar surface area (TPSA) is 114 Å². The van der Waals surface area contributed by atoms with Crippen molar-refractivity contribution < 1.29 is 19.1 Å². The molecule has 364 valence electrons. The lowest BCUT2D eigenvalue weighted by molar-refractivity contribution is -0.122. The number of hydrogen-bond donors (Lipinski definition) is 3. The summed E-state index contributed by atoms with van der Waals surface area (Å²) in [6, 6.07) is 0. The Balaban J connectivity index is 1.21. The van der Waals surface area contributed by atoms with E-state index >= 15 is 0 Å². The van der Waals surface area contributed by atoms with Gasteiger partial charge in [-0.3, -0.25) is 14.5 Å². The van der Waals surface area contributed by atoms with Crippen LogP contribution in [0.15, 0.2) is 11.6 Å². The SMILES string of the molecule is CCCCCCCCCCCCC(=O)NCCCCCCN(CC(=O)NCCCCCCN)C(=O)O[C@H]1CC[C@@]2(C)C(=CC[C@H]3[C@@H]4CC[C@H]([C@H](C)CCCC(C)C)[C@@]4(C)CC[C@@H]32)C1. The van der Waals surface area contributed by atoms with Crippen LogP contribution in [0.25, 0.3) is 0 Å². The third-order valence-corrected chi connectivity index (χ3v) is 17.0. The molecule has 0 bridgehead atoms. The van der Waals surface area contributed by atoms with Crippen molar-refractivity contribution in [3.63, 3.8) is 0 Å². The number of ether oxygens (including phenoxy) is 1. The standard InChI is InChI=1S/C55H100N4O4/c1-7-8-9-10-11-12-13-14-15-20-28-51(60)57-38-23-18-19-24-40-59(42-52(61)58-39-22-17-16-21-37-56)53(62)63-46-33-35-54(5)45(41-46)29-30-47-49-32-31-48(44(4)27-25-26-43(2)3)55(49,6)36-34-50(47)54/h29,43-44,46-50H,7-28,30-42,56H2,1-6H3,(H,57,60)(H,58,61)/t44-,46+,47+,48-,49+,50+,54+,55-/m1/s1. The summed E-state index contributed by atoms with van der Waals surface area (Å²) in [7, 11) is 0. The number of carbonyl (C=O) groups is 3. The summed E-state index contributed by atoms with van der Waals surface area (Å²) in [5.41, 5.74) is 7.86. The smallest absolute Gasteiger partial charge is 0.410 e. The van der Waals surface area contributed by atoms with Crippen LogP contribution in [-0.2, 0) is 14.3 Å². The van der Waals surface area contributed by atoms with E-state index < -0.39 is 0 Å². The number of unbranched alkanes of at least 4 members (excludes halogenated alkanes) is 15. The first-order chi connectivity index (χ1) is 30.4. The van der Waals surface area contributed by atoms with E-state index in [4.69, 9.17) is 10.5 Å². The van der Waals surface area contributed by atoms with Gasteiger partial charge in [0.15, 0.2) is 0 Å². The van der Waals surface area contributed by atoms with E-state index in [2.05, 4.69) is 58.3 Å². The Labute approximate surface area is 388 Å². The van der Waals surface area contributed by atoms with Crippen molar-refractivity contribution in [3.8, 4) is 0 Å². The van der Waals surface area contributed by atoms with Gasteiger partial charge in [-0.15, -0.1) is 0 Å². The highest BCUT2D eigenvalue weighted by molar-refractivity contribution is 5.82. The maximum atomic E-state index is 13.9. The minimum absolute atomic E-state index is 0.0328. The average Bonchev–Trinajstić information content (AvgIpc) is 3.62. The summed E-state index contributed by atoms with van der Waals surface area (Å²) in [4.78, 5) is 41.1. The van der Waals surface area contributed by atoms with Crippen LogP contribution in [0.5, 0.6) is 0 Å². The second kappa shape index (κ2) is 28.8. The van der Waals surface area contributed by atoms with Gasteiger partial charge in [0.1, 0.15) is 12.6 Å². The molecule has 8 atom stereocenters. The number of nitrogens with zero attached hydrogens (tertiary/aromatic N) is 1. The lowest BCUT2D eigenvalue weighted by Gasteiger charge is -2.58. The highest BCUT2D eigenvalue weighted by Crippen LogP contribution is 2.67. The van der Waals surface area contributed by atoms with Gasteiger partial charge in [-0.2, -0.15) is 0 Å². The highest BCUT2D eigenvalue weighted by atomic mass is 16.6. The normalized spacial score (nSPS) is 26.9. The first-order valence-corrected chi connectivity index (χ1v) is 27.3. The molecule has 63 heavy (non-hydrogen) atoms. The fourth-order valence-corrected chi connectivity index (χ4v) is 13.2. The van der Waals surface area contributed by atoms with E-state index in [-0.39, 0.29) is 36.0 Å². The summed E-state index contributed by atoms with van der Waals surface area (Å²) < 4.78 is 6.33. The molecule has 0 aromatic carbocycles. The number of allylic oxidation sites excluding steroid dienone is 1. The monoisotopic (exact) mass is 881 g/mol. The van der Waals surface area contributed by atoms with Crippen LogP contribution in [0.3, 0.4) is 0 Å². The number of fused-ring (bicyclic) bond motifs is 5. The number of nitrogens with two attached hydrogens (primary N) is 1. The summed E-state index contributed by atoms with van der Waals surface area (Å²) in [6.45, 7) is 17.3. The Kier molecular flexibility index (Phi) is 24.5. The predicted octanol–water partition coefficient (Wildman–Crippen LogP) is 13.5. The fourth-order valence-electron chi connectivity index (χ4n) is 13.2. The van der Waals surface area contributed by atoms with Gasteiger partial charge >= 0.3 is 6.09 Å². The Morgan fingerprint density at radius 2 is 1.37 bits per heavy atom. The van der Waals surface area contributed by atoms with Crippen LogP contribution in [-0.4, -0.2) is 61.6 Å². The zero-order chi connectivity index (χ0) is 45.5. The second-order valence-corrected chi connectivity index (χ2v) is 22.2. The zero-order valence-corrected chi connectivity index (χ0v) is 42.0. The molecule has 4 aliphatic rings. The molecule has 3 saturated carbocycles. The molecule has 4 N–H and O–H groups in total. The van der Waals surface area contributed by atoms with E-state index in [1.165, 1.54) is 108 Å². The van der Waals surface area contributed by atoms with Gasteiger partial charge in [0.05, 0.1) is 0 Å². The summed E-state index contributed by atoms with van der Waals surface area (Å²) in [5, 5.41) is 6.17. The van der Waals surface area contributed by atoms with Crippen molar-refractivity contribution in [1.29, 1.82) is 0 Å². The van der Waals surface area contributed by atoms with Crippen molar-refractivity contribution in [2.24, 2.45) is 52.1 Å². The van der Waals surface area contributed by atoms with Crippen molar-refractivity contribution >= 4 is 17.9 Å². The molecular formula is C55H100N4O4. The Hall–Kier alpha value is -2.09. The molecule has 0 unspecified atom stereocenters. The molecule has 0 aliphatic heterocycles. The third-order valence-electron chi connectivity index (χ3n) is 17.0. The van der Waals surface area contributed by atoms with Crippen molar-refractivity contribution in [1.82, 2.24) is 15.5 Å². The highest BCUT2D eigenvalue weighted by Gasteiger charge is 2.59. The van der Waals surface area contributed by atoms with E-state index in [1.54, 1.807) is 4.90 Å². The molecule has 4 rings (SSSR count). The van der Waals surface area contributed by atoms with Gasteiger partial charge in [-0.25, -0.2) is 4.79 Å². The quantitative estimate of drug-likeness (QED) is 0.0460. The maximum Gasteiger partial charge on any atom is 0.410 e. The number of nitrogens with one attached hydrogen (secondary N) is 2. The van der Waals surface area contributed by atoms with E-state index in [0.717, 1.165) is 119 Å². The van der Waals surface area contributed by atoms with Crippen molar-refractivity contribution in [3.05, 3.63) is 11.6 Å². The Morgan fingerprint density at radius 3 is 2.05 bits per heavy atom. The number of amides is 3. The largest absolute Gasteiger partial charge is 0.446 e. The van der Waals surface area contributed by atoms with Crippen LogP contribution < -0.4 is 16.4 Å². The summed E-state index contributed by atoms with van der Waals surface area (Å²) >= 11 is 0. The van der Waals surface area contributed by atoms with Gasteiger partial charge in [0.25, 0.3) is 0 Å². The van der Waals surface area contributed by atoms with E-state index in [0.29, 0.717) is 38.0 Å². The molecule has 3 amide bonds. The van der Waals surface area contributed by atoms with Gasteiger partial charge in [0, 0.05) is 32.5 Å². The van der Waals surface area contributed by atoms with E-state index in [9.17, 15) is 14.4 Å². The van der Waals surface area contributed by atoms with Crippen LogP contribution in [0.1, 0.15) is 234 Å². The Bertz CT molecular complexity index is 1350. The summed E-state index contributed by atoms with van der Waals surface area (Å²) in [6.07, 6.45) is 36.8. The van der Waals surface area contributed by atoms with E-state index in [1.807, 2.05) is 0 Å². The predicted molar refractivity (Wildman–Crippen MR) is 263 cm³/mol. The molecule has 0 radical (unpaired) electrons. The minimum atomic E-state index is -0.344. The van der Waals surface area contributed by atoms with Gasteiger partial charge in [-0.1, -0.05) is 156 Å². The lowest BCUT2D eigenvalue weighted by Crippen LogP contribution is -2.51. The molecule has 0 aromatic heterocycles. The minimum Gasteiger partial charge on any atom is -0.446 e. The van der Waals surface area contributed by atoms with Crippen LogP contribution in [0, 0.1) is 46.3 Å². The first kappa shape index (κ1) is 53.5. The first-order valence-electron chi connectivity index (χ1n) is 27.3. The molecule has 0 saturated heterocycles. The molecule has 0 spiro atoms. The Morgan fingerprint density at radius 1 is 0.730 bits per heavy atom. The van der Waals surface area contributed by atoms with Crippen LogP contribution >= 0.6 is 0 Å². The molecular weight excluding hydrogens is 781 g/mol. The average molecular weight is 881 g/mol. The molecule has 8 nitrogen and oxygen atoms in total. The lowest BCUT2D eigenvalue weighted by atomic mass is 9.47. The van der Waals surface area contributed by atoms with Crippen LogP contribution in [0.4, 0.5) is 4.79 Å². The van der Waals surface area contributed by atoms with Crippen molar-refractivity contribution in [2.75, 3.05) is 32.7 Å². The zero-order valence-electron chi connectivity index (χ0n) is 42.0. The van der Waals surface area contributed by atoms with Gasteiger partial charge < -0.3 is 21.1 Å². The third kappa shape index (κ3) is 17.3. The molecule has 3 fully saturated rings. The van der Waals surface area contributed by atoms with Crippen LogP contribution in [0.2, 0.25) is 0 Å². The maximum absolute atomic E-state index is 13.9. The van der Waals surface area contributed by atoms with Gasteiger partial charge in [0.2, 0.25) is 11.8 Å². The summed E-state index contributed by atoms with van der Waals surface area (Å²) in [5.74, 6) is 4.90. The number of carbonyl (C=O) groups excluding carboxylic acids is 3. The number of rotatable bonds is 32. The molecule has 0 aromatic rings.